The number of hydrogen-bond acceptors (Lipinski definition) is 6. The molecule has 3 N–H and O–H groups in total. The van der Waals surface area contributed by atoms with E-state index in [1.807, 2.05) is 0 Å². The summed E-state index contributed by atoms with van der Waals surface area (Å²) in [5.41, 5.74) is 0. The van der Waals surface area contributed by atoms with E-state index in [0.717, 1.165) is 0 Å². The summed E-state index contributed by atoms with van der Waals surface area (Å²) in [5, 5.41) is 27.8. The minimum absolute atomic E-state index is 0. The first-order valence-corrected chi connectivity index (χ1v) is 4.31. The fourth-order valence-corrected chi connectivity index (χ4v) is 1.26. The molecule has 0 aromatic rings. The zero-order valence-electron chi connectivity index (χ0n) is 7.79. The fraction of sp³-hybridized carbons (Fsp3) is 0.889. The van der Waals surface area contributed by atoms with E-state index in [0.29, 0.717) is 0 Å². The molecule has 15 heavy (non-hydrogen) atoms. The van der Waals surface area contributed by atoms with Crippen LogP contribution in [0, 0.1) is 0 Å². The highest BCUT2D eigenvalue weighted by atomic mass is 16.6. The quantitative estimate of drug-likeness (QED) is 0.512. The molecule has 6 nitrogen and oxygen atoms in total. The lowest BCUT2D eigenvalue weighted by atomic mass is 10.1. The Labute approximate surface area is 88.4 Å². The van der Waals surface area contributed by atoms with E-state index >= 15 is 0 Å². The Morgan fingerprint density at radius 3 is 2.60 bits per heavy atom. The second kappa shape index (κ2) is 6.02. The van der Waals surface area contributed by atoms with Gasteiger partial charge in [-0.1, -0.05) is 7.43 Å². The Balaban J connectivity index is 0.00000196. The SMILES string of the molecule is C.CC(=O)OCC(O)C1OCC(O)C1O. The predicted octanol–water partition coefficient (Wildman–Crippen LogP) is -1.33. The molecule has 1 saturated heterocycles. The van der Waals surface area contributed by atoms with Crippen molar-refractivity contribution in [3.05, 3.63) is 0 Å². The Morgan fingerprint density at radius 1 is 1.60 bits per heavy atom. The van der Waals surface area contributed by atoms with Gasteiger partial charge < -0.3 is 24.8 Å². The third-order valence-electron chi connectivity index (χ3n) is 2.03. The smallest absolute Gasteiger partial charge is 0.302 e. The lowest BCUT2D eigenvalue weighted by Crippen LogP contribution is -2.41. The van der Waals surface area contributed by atoms with E-state index in [4.69, 9.17) is 9.84 Å². The number of ether oxygens (including phenoxy) is 2. The van der Waals surface area contributed by atoms with E-state index in [9.17, 15) is 15.0 Å². The number of hydrogen-bond donors (Lipinski definition) is 3. The normalized spacial score (nSPS) is 31.9. The average Bonchev–Trinajstić information content (AvgIpc) is 2.44. The fourth-order valence-electron chi connectivity index (χ4n) is 1.26. The summed E-state index contributed by atoms with van der Waals surface area (Å²) < 4.78 is 9.47. The van der Waals surface area contributed by atoms with Gasteiger partial charge in [0.15, 0.2) is 0 Å². The van der Waals surface area contributed by atoms with Crippen LogP contribution in [0.2, 0.25) is 0 Å². The number of carbonyl (C=O) groups is 1. The first-order chi connectivity index (χ1) is 6.52. The largest absolute Gasteiger partial charge is 0.463 e. The van der Waals surface area contributed by atoms with Crippen molar-refractivity contribution in [2.24, 2.45) is 0 Å². The van der Waals surface area contributed by atoms with Gasteiger partial charge in [0.1, 0.15) is 31.0 Å². The minimum atomic E-state index is -1.14. The lowest BCUT2D eigenvalue weighted by Gasteiger charge is -2.20. The molecular weight excluding hydrogens is 204 g/mol. The minimum Gasteiger partial charge on any atom is -0.463 e. The maximum absolute atomic E-state index is 10.4. The van der Waals surface area contributed by atoms with Crippen LogP contribution < -0.4 is 0 Å². The molecular formula is C9H18O6. The highest BCUT2D eigenvalue weighted by molar-refractivity contribution is 5.65. The summed E-state index contributed by atoms with van der Waals surface area (Å²) in [6.45, 7) is 0.945. The van der Waals surface area contributed by atoms with Crippen molar-refractivity contribution in [1.82, 2.24) is 0 Å². The predicted molar refractivity (Wildman–Crippen MR) is 51.1 cm³/mol. The van der Waals surface area contributed by atoms with Crippen LogP contribution in [0.5, 0.6) is 0 Å². The molecule has 4 unspecified atom stereocenters. The van der Waals surface area contributed by atoms with Crippen molar-refractivity contribution < 1.29 is 29.6 Å². The van der Waals surface area contributed by atoms with Crippen LogP contribution in [-0.4, -0.2) is 58.9 Å². The summed E-state index contributed by atoms with van der Waals surface area (Å²) in [7, 11) is 0. The van der Waals surface area contributed by atoms with Gasteiger partial charge >= 0.3 is 5.97 Å². The van der Waals surface area contributed by atoms with E-state index in [-0.39, 0.29) is 20.6 Å². The van der Waals surface area contributed by atoms with Gasteiger partial charge in [0.25, 0.3) is 0 Å². The molecule has 0 radical (unpaired) electrons. The molecule has 1 rings (SSSR count). The molecule has 1 fully saturated rings. The Hall–Kier alpha value is -0.690. The third-order valence-corrected chi connectivity index (χ3v) is 2.03. The number of rotatable bonds is 3. The van der Waals surface area contributed by atoms with Crippen molar-refractivity contribution in [3.63, 3.8) is 0 Å². The van der Waals surface area contributed by atoms with Gasteiger partial charge in [-0.3, -0.25) is 4.79 Å². The van der Waals surface area contributed by atoms with Crippen LogP contribution in [0.25, 0.3) is 0 Å². The van der Waals surface area contributed by atoms with Gasteiger partial charge in [-0.15, -0.1) is 0 Å². The highest BCUT2D eigenvalue weighted by Crippen LogP contribution is 2.17. The van der Waals surface area contributed by atoms with Crippen LogP contribution >= 0.6 is 0 Å². The van der Waals surface area contributed by atoms with E-state index in [1.54, 1.807) is 0 Å². The van der Waals surface area contributed by atoms with Crippen LogP contribution in [0.4, 0.5) is 0 Å². The van der Waals surface area contributed by atoms with Gasteiger partial charge in [0.05, 0.1) is 6.61 Å². The second-order valence-corrected chi connectivity index (χ2v) is 3.23. The van der Waals surface area contributed by atoms with Crippen molar-refractivity contribution in [3.8, 4) is 0 Å². The molecule has 0 saturated carbocycles. The van der Waals surface area contributed by atoms with Gasteiger partial charge in [0, 0.05) is 6.92 Å². The standard InChI is InChI=1S/C8H14O6.CH4/c1-4(9)13-3-6(11)8-7(12)5(10)2-14-8;/h5-8,10-12H,2-3H2,1H3;1H4. The number of aliphatic hydroxyl groups is 3. The van der Waals surface area contributed by atoms with Crippen molar-refractivity contribution >= 4 is 5.97 Å². The lowest BCUT2D eigenvalue weighted by molar-refractivity contribution is -0.148. The topological polar surface area (TPSA) is 96.2 Å². The molecule has 1 aliphatic heterocycles. The molecule has 0 aromatic carbocycles. The van der Waals surface area contributed by atoms with E-state index in [2.05, 4.69) is 4.74 Å². The van der Waals surface area contributed by atoms with Gasteiger partial charge in [-0.05, 0) is 0 Å². The third kappa shape index (κ3) is 3.75. The maximum atomic E-state index is 10.4. The Morgan fingerprint density at radius 2 is 2.20 bits per heavy atom. The van der Waals surface area contributed by atoms with Gasteiger partial charge in [-0.25, -0.2) is 0 Å². The summed E-state index contributed by atoms with van der Waals surface area (Å²) in [6, 6.07) is 0. The number of carbonyl (C=O) groups excluding carboxylic acids is 1. The number of esters is 1. The molecule has 1 heterocycles. The van der Waals surface area contributed by atoms with Crippen molar-refractivity contribution in [1.29, 1.82) is 0 Å². The van der Waals surface area contributed by atoms with Gasteiger partial charge in [0.2, 0.25) is 0 Å². The Bertz CT molecular complexity index is 207. The van der Waals surface area contributed by atoms with E-state index < -0.39 is 30.4 Å². The van der Waals surface area contributed by atoms with Crippen LogP contribution in [0.15, 0.2) is 0 Å². The molecule has 1 aliphatic rings. The molecule has 0 spiro atoms. The second-order valence-electron chi connectivity index (χ2n) is 3.23. The summed E-state index contributed by atoms with van der Waals surface area (Å²) in [5.74, 6) is -0.517. The van der Waals surface area contributed by atoms with Crippen LogP contribution in [0.1, 0.15) is 14.4 Å². The summed E-state index contributed by atoms with van der Waals surface area (Å²) in [6.07, 6.45) is -4.15. The first-order valence-electron chi connectivity index (χ1n) is 4.31. The zero-order valence-corrected chi connectivity index (χ0v) is 7.79. The summed E-state index contributed by atoms with van der Waals surface area (Å²) in [4.78, 5) is 10.4. The molecule has 6 heteroatoms. The first kappa shape index (κ1) is 14.3. The molecule has 90 valence electrons. The van der Waals surface area contributed by atoms with Crippen LogP contribution in [-0.2, 0) is 14.3 Å². The van der Waals surface area contributed by atoms with E-state index in [1.165, 1.54) is 6.92 Å². The Kier molecular flexibility index (Phi) is 5.74. The molecule has 0 bridgehead atoms. The molecule has 4 atom stereocenters. The monoisotopic (exact) mass is 222 g/mol. The summed E-state index contributed by atoms with van der Waals surface area (Å²) >= 11 is 0. The molecule has 0 aromatic heterocycles. The average molecular weight is 222 g/mol. The molecule has 0 aliphatic carbocycles. The molecule has 0 amide bonds. The van der Waals surface area contributed by atoms with Crippen molar-refractivity contribution in [2.45, 2.75) is 38.8 Å². The maximum Gasteiger partial charge on any atom is 0.302 e. The van der Waals surface area contributed by atoms with Crippen LogP contribution in [0.3, 0.4) is 0 Å². The highest BCUT2D eigenvalue weighted by Gasteiger charge is 2.39. The van der Waals surface area contributed by atoms with Crippen molar-refractivity contribution in [2.75, 3.05) is 13.2 Å². The zero-order chi connectivity index (χ0) is 10.7. The van der Waals surface area contributed by atoms with Gasteiger partial charge in [-0.2, -0.15) is 0 Å². The number of aliphatic hydroxyl groups excluding tert-OH is 3.